The third-order valence-electron chi connectivity index (χ3n) is 3.93. The van der Waals surface area contributed by atoms with Crippen LogP contribution in [-0.4, -0.2) is 32.3 Å². The highest BCUT2D eigenvalue weighted by Crippen LogP contribution is 2.32. The van der Waals surface area contributed by atoms with E-state index in [0.29, 0.717) is 16.3 Å². The maximum absolute atomic E-state index is 11.2. The fourth-order valence-corrected chi connectivity index (χ4v) is 3.55. The minimum absolute atomic E-state index is 0.0238. The number of thiazole rings is 1. The molecule has 122 valence electrons. The molecule has 3 aromatic rings. The lowest BCUT2D eigenvalue weighted by Gasteiger charge is -2.11. The molecule has 0 aliphatic rings. The molecule has 7 heteroatoms. The first-order valence-corrected chi connectivity index (χ1v) is 8.14. The highest BCUT2D eigenvalue weighted by molar-refractivity contribution is 7.17. The number of hydrogen-bond acceptors (Lipinski definition) is 5. The van der Waals surface area contributed by atoms with Gasteiger partial charge in [-0.15, -0.1) is 11.3 Å². The monoisotopic (exact) mass is 341 g/mol. The summed E-state index contributed by atoms with van der Waals surface area (Å²) in [5.41, 5.74) is 2.62. The maximum Gasteiger partial charge on any atom is 0.347 e. The van der Waals surface area contributed by atoms with E-state index in [2.05, 4.69) is 11.1 Å². The summed E-state index contributed by atoms with van der Waals surface area (Å²) in [6, 6.07) is 7.60. The molecule has 0 amide bonds. The number of aryl methyl sites for hydroxylation is 1. The van der Waals surface area contributed by atoms with Crippen LogP contribution in [0.4, 0.5) is 0 Å². The van der Waals surface area contributed by atoms with Gasteiger partial charge >= 0.3 is 5.97 Å². The Balaban J connectivity index is 2.17. The molecule has 3 rings (SSSR count). The maximum atomic E-state index is 11.2. The van der Waals surface area contributed by atoms with Crippen LogP contribution >= 0.6 is 11.3 Å². The van der Waals surface area contributed by atoms with Crippen LogP contribution in [0.15, 0.2) is 24.4 Å². The molecule has 0 aliphatic carbocycles. The molecule has 0 radical (unpaired) electrons. The number of nitriles is 1. The summed E-state index contributed by atoms with van der Waals surface area (Å²) in [7, 11) is 0. The zero-order chi connectivity index (χ0) is 17.4. The van der Waals surface area contributed by atoms with Crippen molar-refractivity contribution in [1.29, 1.82) is 5.26 Å². The smallest absolute Gasteiger partial charge is 0.347 e. The molecule has 0 saturated heterocycles. The summed E-state index contributed by atoms with van der Waals surface area (Å²) in [6.45, 7) is 3.52. The van der Waals surface area contributed by atoms with Crippen LogP contribution in [0, 0.1) is 18.3 Å². The van der Waals surface area contributed by atoms with Crippen LogP contribution in [0.5, 0.6) is 0 Å². The highest BCUT2D eigenvalue weighted by atomic mass is 32.1. The van der Waals surface area contributed by atoms with Crippen LogP contribution in [0.3, 0.4) is 0 Å². The van der Waals surface area contributed by atoms with Crippen molar-refractivity contribution >= 4 is 28.2 Å². The SMILES string of the molecule is Cc1nc(-c2ccc3c(c2)c(C#N)cn3C(C)CO)sc1C(=O)O. The van der Waals surface area contributed by atoms with Crippen molar-refractivity contribution in [2.45, 2.75) is 19.9 Å². The molecule has 1 aromatic carbocycles. The second-order valence-corrected chi connectivity index (χ2v) is 6.56. The van der Waals surface area contributed by atoms with Gasteiger partial charge in [0.1, 0.15) is 16.0 Å². The number of aliphatic hydroxyl groups excluding tert-OH is 1. The van der Waals surface area contributed by atoms with Gasteiger partial charge in [-0.05, 0) is 32.0 Å². The first-order chi connectivity index (χ1) is 11.5. The number of aromatic nitrogens is 2. The minimum atomic E-state index is -0.988. The van der Waals surface area contributed by atoms with E-state index in [-0.39, 0.29) is 17.5 Å². The number of rotatable bonds is 4. The van der Waals surface area contributed by atoms with Crippen molar-refractivity contribution in [3.63, 3.8) is 0 Å². The first kappa shape index (κ1) is 16.2. The molecule has 0 fully saturated rings. The Morgan fingerprint density at radius 3 is 2.83 bits per heavy atom. The van der Waals surface area contributed by atoms with E-state index in [0.717, 1.165) is 27.8 Å². The predicted molar refractivity (Wildman–Crippen MR) is 91.3 cm³/mol. The Hall–Kier alpha value is -2.69. The lowest BCUT2D eigenvalue weighted by Crippen LogP contribution is -2.07. The molecule has 2 N–H and O–H groups in total. The third kappa shape index (κ3) is 2.56. The van der Waals surface area contributed by atoms with E-state index in [1.165, 1.54) is 0 Å². The molecule has 6 nitrogen and oxygen atoms in total. The molecule has 1 atom stereocenters. The molecule has 0 bridgehead atoms. The van der Waals surface area contributed by atoms with Crippen molar-refractivity contribution in [2.75, 3.05) is 6.61 Å². The predicted octanol–water partition coefficient (Wildman–Crippen LogP) is 3.20. The first-order valence-electron chi connectivity index (χ1n) is 7.33. The van der Waals surface area contributed by atoms with Gasteiger partial charge < -0.3 is 14.8 Å². The topological polar surface area (TPSA) is 99.1 Å². The summed E-state index contributed by atoms with van der Waals surface area (Å²) >= 11 is 1.12. The van der Waals surface area contributed by atoms with E-state index < -0.39 is 5.97 Å². The van der Waals surface area contributed by atoms with Crippen molar-refractivity contribution in [2.24, 2.45) is 0 Å². The number of fused-ring (bicyclic) bond motifs is 1. The lowest BCUT2D eigenvalue weighted by atomic mass is 10.1. The van der Waals surface area contributed by atoms with Crippen LogP contribution in [-0.2, 0) is 0 Å². The molecule has 2 aromatic heterocycles. The van der Waals surface area contributed by atoms with Crippen molar-refractivity contribution in [3.05, 3.63) is 40.5 Å². The number of carbonyl (C=O) groups is 1. The fourth-order valence-electron chi connectivity index (χ4n) is 2.65. The number of benzene rings is 1. The van der Waals surface area contributed by atoms with E-state index >= 15 is 0 Å². The summed E-state index contributed by atoms with van der Waals surface area (Å²) in [5, 5.41) is 29.3. The van der Waals surface area contributed by atoms with Crippen molar-refractivity contribution < 1.29 is 15.0 Å². The molecule has 24 heavy (non-hydrogen) atoms. The van der Waals surface area contributed by atoms with Gasteiger partial charge in [-0.1, -0.05) is 0 Å². The highest BCUT2D eigenvalue weighted by Gasteiger charge is 2.17. The number of hydrogen-bond donors (Lipinski definition) is 2. The van der Waals surface area contributed by atoms with E-state index in [4.69, 9.17) is 0 Å². The third-order valence-corrected chi connectivity index (χ3v) is 5.12. The molecular formula is C17H15N3O3S. The quantitative estimate of drug-likeness (QED) is 0.759. The van der Waals surface area contributed by atoms with Gasteiger partial charge in [-0.3, -0.25) is 0 Å². The molecule has 0 saturated carbocycles. The van der Waals surface area contributed by atoms with E-state index in [9.17, 15) is 20.3 Å². The summed E-state index contributed by atoms with van der Waals surface area (Å²) in [6.07, 6.45) is 1.73. The van der Waals surface area contributed by atoms with Crippen molar-refractivity contribution in [3.8, 4) is 16.6 Å². The largest absolute Gasteiger partial charge is 0.477 e. The van der Waals surface area contributed by atoms with E-state index in [1.54, 1.807) is 13.1 Å². The van der Waals surface area contributed by atoms with Gasteiger partial charge in [0.25, 0.3) is 0 Å². The molecule has 0 aliphatic heterocycles. The molecule has 2 heterocycles. The average Bonchev–Trinajstić information content (AvgIpc) is 3.14. The second-order valence-electron chi connectivity index (χ2n) is 5.56. The fraction of sp³-hybridized carbons (Fsp3) is 0.235. The van der Waals surface area contributed by atoms with Gasteiger partial charge in [0.05, 0.1) is 23.9 Å². The number of nitrogens with zero attached hydrogens (tertiary/aromatic N) is 3. The molecule has 0 spiro atoms. The molecule has 1 unspecified atom stereocenters. The average molecular weight is 341 g/mol. The Kier molecular flexibility index (Phi) is 4.09. The minimum Gasteiger partial charge on any atom is -0.477 e. The Morgan fingerprint density at radius 1 is 1.50 bits per heavy atom. The van der Waals surface area contributed by atoms with Crippen LogP contribution in [0.2, 0.25) is 0 Å². The lowest BCUT2D eigenvalue weighted by molar-refractivity contribution is 0.0701. The van der Waals surface area contributed by atoms with E-state index in [1.807, 2.05) is 29.7 Å². The van der Waals surface area contributed by atoms with Crippen LogP contribution < -0.4 is 0 Å². The summed E-state index contributed by atoms with van der Waals surface area (Å²) < 4.78 is 1.87. The number of carboxylic acids is 1. The molecular weight excluding hydrogens is 326 g/mol. The van der Waals surface area contributed by atoms with Crippen LogP contribution in [0.1, 0.15) is 33.9 Å². The van der Waals surface area contributed by atoms with Gasteiger partial charge in [0.15, 0.2) is 0 Å². The van der Waals surface area contributed by atoms with Gasteiger partial charge in [0.2, 0.25) is 0 Å². The standard InChI is InChI=1S/C17H15N3O3S/c1-9(8-21)20-7-12(6-18)13-5-11(3-4-14(13)20)16-19-10(2)15(24-16)17(22)23/h3-5,7,9,21H,8H2,1-2H3,(H,22,23). The Bertz CT molecular complexity index is 981. The summed E-state index contributed by atoms with van der Waals surface area (Å²) in [5.74, 6) is -0.988. The Morgan fingerprint density at radius 2 is 2.25 bits per heavy atom. The van der Waals surface area contributed by atoms with Gasteiger partial charge in [-0.2, -0.15) is 5.26 Å². The van der Waals surface area contributed by atoms with Gasteiger partial charge in [-0.25, -0.2) is 9.78 Å². The second kappa shape index (κ2) is 6.07. The zero-order valence-electron chi connectivity index (χ0n) is 13.1. The van der Waals surface area contributed by atoms with Gasteiger partial charge in [0, 0.05) is 22.7 Å². The Labute approximate surface area is 142 Å². The number of aliphatic hydroxyl groups is 1. The van der Waals surface area contributed by atoms with Crippen LogP contribution in [0.25, 0.3) is 21.5 Å². The normalized spacial score (nSPS) is 12.2. The summed E-state index contributed by atoms with van der Waals surface area (Å²) in [4.78, 5) is 15.7. The van der Waals surface area contributed by atoms with Crippen molar-refractivity contribution in [1.82, 2.24) is 9.55 Å². The zero-order valence-corrected chi connectivity index (χ0v) is 14.0. The number of carboxylic acid groups (broad SMARTS) is 1. The number of aromatic carboxylic acids is 1.